The summed E-state index contributed by atoms with van der Waals surface area (Å²) in [6.07, 6.45) is -1.28. The van der Waals surface area contributed by atoms with Crippen molar-refractivity contribution in [1.82, 2.24) is 14.5 Å². The van der Waals surface area contributed by atoms with Gasteiger partial charge < -0.3 is 34.8 Å². The van der Waals surface area contributed by atoms with Gasteiger partial charge in [0.25, 0.3) is 5.91 Å². The molecule has 0 radical (unpaired) electrons. The highest BCUT2D eigenvalue weighted by atomic mass is 16.6. The predicted octanol–water partition coefficient (Wildman–Crippen LogP) is 4.22. The first kappa shape index (κ1) is 21.8. The first-order valence-electron chi connectivity index (χ1n) is 11.9. The highest BCUT2D eigenvalue weighted by Crippen LogP contribution is 2.54. The monoisotopic (exact) mass is 484 g/mol. The van der Waals surface area contributed by atoms with Crippen molar-refractivity contribution in [2.24, 2.45) is 5.73 Å². The SMILES string of the molecule is C.CO[C@H]1[C@@H](N)C[C@@H]2O[C@@]1(C)n1c3ccccc3c3c4c(c5c6ccccc6n2c5c31)C(=O)NC4O. The fourth-order valence-electron chi connectivity index (χ4n) is 7.16. The summed E-state index contributed by atoms with van der Waals surface area (Å²) in [5.41, 5.74) is 10.8. The van der Waals surface area contributed by atoms with E-state index in [0.29, 0.717) is 17.5 Å². The number of amides is 1. The molecule has 5 heterocycles. The van der Waals surface area contributed by atoms with E-state index < -0.39 is 18.1 Å². The maximum absolute atomic E-state index is 13.3. The predicted molar refractivity (Wildman–Crippen MR) is 139 cm³/mol. The van der Waals surface area contributed by atoms with Crippen LogP contribution >= 0.6 is 0 Å². The maximum Gasteiger partial charge on any atom is 0.254 e. The number of nitrogens with two attached hydrogens (primary N) is 1. The fourth-order valence-corrected chi connectivity index (χ4v) is 7.16. The molecule has 0 saturated carbocycles. The van der Waals surface area contributed by atoms with Crippen molar-refractivity contribution in [3.8, 4) is 0 Å². The Morgan fingerprint density at radius 3 is 2.47 bits per heavy atom. The van der Waals surface area contributed by atoms with Gasteiger partial charge in [0.15, 0.2) is 12.0 Å². The van der Waals surface area contributed by atoms with Gasteiger partial charge in [0.2, 0.25) is 0 Å². The van der Waals surface area contributed by atoms with Crippen molar-refractivity contribution < 1.29 is 19.4 Å². The number of carbonyl (C=O) groups is 1. The fraction of sp³-hybridized carbons (Fsp3) is 0.321. The van der Waals surface area contributed by atoms with E-state index >= 15 is 0 Å². The van der Waals surface area contributed by atoms with Crippen LogP contribution in [0.4, 0.5) is 0 Å². The molecule has 3 aliphatic rings. The minimum atomic E-state index is -1.10. The molecule has 5 aromatic rings. The minimum absolute atomic E-state index is 0. The summed E-state index contributed by atoms with van der Waals surface area (Å²) in [6, 6.07) is 15.9. The number of aliphatic hydroxyl groups is 1. The van der Waals surface area contributed by atoms with Gasteiger partial charge in [-0.05, 0) is 19.1 Å². The Labute approximate surface area is 207 Å². The average molecular weight is 485 g/mol. The van der Waals surface area contributed by atoms with Crippen molar-refractivity contribution >= 4 is 49.5 Å². The molecule has 36 heavy (non-hydrogen) atoms. The van der Waals surface area contributed by atoms with Gasteiger partial charge in [-0.15, -0.1) is 0 Å². The van der Waals surface area contributed by atoms with Crippen molar-refractivity contribution in [2.75, 3.05) is 7.11 Å². The van der Waals surface area contributed by atoms with Crippen LogP contribution in [0.1, 0.15) is 49.1 Å². The van der Waals surface area contributed by atoms with Crippen LogP contribution in [0.15, 0.2) is 48.5 Å². The second kappa shape index (κ2) is 6.86. The number of benzene rings is 3. The average Bonchev–Trinajstić information content (AvgIpc) is 3.44. The number of nitrogens with one attached hydrogen (secondary N) is 1. The van der Waals surface area contributed by atoms with Crippen molar-refractivity contribution in [2.45, 2.75) is 51.1 Å². The third kappa shape index (κ3) is 2.23. The van der Waals surface area contributed by atoms with Crippen molar-refractivity contribution in [3.63, 3.8) is 0 Å². The summed E-state index contributed by atoms with van der Waals surface area (Å²) in [5.74, 6) is -0.264. The van der Waals surface area contributed by atoms with E-state index in [1.54, 1.807) is 7.11 Å². The molecule has 8 heteroatoms. The van der Waals surface area contributed by atoms with E-state index in [-0.39, 0.29) is 25.6 Å². The summed E-state index contributed by atoms with van der Waals surface area (Å²) < 4.78 is 17.3. The van der Waals surface area contributed by atoms with E-state index in [9.17, 15) is 9.90 Å². The lowest BCUT2D eigenvalue weighted by atomic mass is 9.93. The Bertz CT molecular complexity index is 1770. The summed E-state index contributed by atoms with van der Waals surface area (Å²) in [6.45, 7) is 2.03. The number of hydrogen-bond acceptors (Lipinski definition) is 5. The van der Waals surface area contributed by atoms with Crippen LogP contribution < -0.4 is 11.1 Å². The topological polar surface area (TPSA) is 104 Å². The zero-order valence-electron chi connectivity index (χ0n) is 19.3. The Hall–Kier alpha value is -3.43. The lowest BCUT2D eigenvalue weighted by Gasteiger charge is -2.47. The normalized spacial score (nSPS) is 28.6. The molecule has 8 nitrogen and oxygen atoms in total. The number of aromatic nitrogens is 2. The van der Waals surface area contributed by atoms with Crippen LogP contribution in [0.3, 0.4) is 0 Å². The van der Waals surface area contributed by atoms with E-state index in [4.69, 9.17) is 15.2 Å². The first-order chi connectivity index (χ1) is 17.0. The van der Waals surface area contributed by atoms with Gasteiger partial charge in [0, 0.05) is 46.7 Å². The molecule has 0 spiro atoms. The Balaban J connectivity index is 0.00000220. The van der Waals surface area contributed by atoms with Gasteiger partial charge >= 0.3 is 0 Å². The molecule has 2 aromatic heterocycles. The zero-order valence-corrected chi connectivity index (χ0v) is 19.3. The van der Waals surface area contributed by atoms with Crippen LogP contribution in [-0.4, -0.2) is 39.4 Å². The largest absolute Gasteiger partial charge is 0.375 e. The number of methoxy groups -OCH3 is 1. The number of fused-ring (bicyclic) bond motifs is 13. The number of nitrogens with zero attached hydrogens (tertiary/aromatic N) is 2. The maximum atomic E-state index is 13.3. The number of carbonyl (C=O) groups excluding carboxylic acids is 1. The number of ether oxygens (including phenoxy) is 2. The van der Waals surface area contributed by atoms with E-state index in [0.717, 1.165) is 43.6 Å². The Kier molecular flexibility index (Phi) is 4.16. The van der Waals surface area contributed by atoms with Crippen LogP contribution in [0, 0.1) is 0 Å². The van der Waals surface area contributed by atoms with E-state index in [1.807, 2.05) is 43.3 Å². The molecule has 4 N–H and O–H groups in total. The molecular formula is C28H28N4O4. The van der Waals surface area contributed by atoms with E-state index in [1.165, 1.54) is 0 Å². The number of aliphatic hydroxyl groups excluding tert-OH is 1. The second-order valence-electron chi connectivity index (χ2n) is 10.0. The smallest absolute Gasteiger partial charge is 0.254 e. The Morgan fingerprint density at radius 1 is 1.08 bits per heavy atom. The summed E-state index contributed by atoms with van der Waals surface area (Å²) in [5, 5.41) is 17.5. The third-order valence-corrected chi connectivity index (χ3v) is 8.32. The molecule has 1 amide bonds. The molecule has 1 saturated heterocycles. The first-order valence-corrected chi connectivity index (χ1v) is 11.9. The molecule has 1 unspecified atom stereocenters. The zero-order chi connectivity index (χ0) is 23.8. The van der Waals surface area contributed by atoms with Gasteiger partial charge in [-0.25, -0.2) is 0 Å². The molecule has 0 aliphatic carbocycles. The lowest BCUT2D eigenvalue weighted by molar-refractivity contribution is -0.252. The van der Waals surface area contributed by atoms with Gasteiger partial charge in [0.05, 0.1) is 27.6 Å². The third-order valence-electron chi connectivity index (χ3n) is 8.32. The summed E-state index contributed by atoms with van der Waals surface area (Å²) >= 11 is 0. The molecule has 5 atom stereocenters. The summed E-state index contributed by atoms with van der Waals surface area (Å²) in [7, 11) is 1.67. The van der Waals surface area contributed by atoms with Crippen LogP contribution in [0.5, 0.6) is 0 Å². The molecule has 8 rings (SSSR count). The molecule has 3 aliphatic heterocycles. The number of hydrogen-bond donors (Lipinski definition) is 3. The molecule has 3 aromatic carbocycles. The van der Waals surface area contributed by atoms with Crippen molar-refractivity contribution in [3.05, 3.63) is 59.7 Å². The number of para-hydroxylation sites is 2. The van der Waals surface area contributed by atoms with Gasteiger partial charge in [-0.1, -0.05) is 43.8 Å². The Morgan fingerprint density at radius 2 is 1.75 bits per heavy atom. The quantitative estimate of drug-likeness (QED) is 0.331. The second-order valence-corrected chi connectivity index (χ2v) is 10.0. The lowest BCUT2D eigenvalue weighted by Crippen LogP contribution is -2.59. The highest BCUT2D eigenvalue weighted by Gasteiger charge is 2.52. The summed E-state index contributed by atoms with van der Waals surface area (Å²) in [4.78, 5) is 13.3. The minimum Gasteiger partial charge on any atom is -0.375 e. The van der Waals surface area contributed by atoms with Crippen LogP contribution in [-0.2, 0) is 15.2 Å². The molecular weight excluding hydrogens is 456 g/mol. The van der Waals surface area contributed by atoms with Crippen molar-refractivity contribution in [1.29, 1.82) is 0 Å². The van der Waals surface area contributed by atoms with Gasteiger partial charge in [-0.3, -0.25) is 4.79 Å². The number of rotatable bonds is 1. The molecule has 1 fully saturated rings. The van der Waals surface area contributed by atoms with Crippen LogP contribution in [0.2, 0.25) is 0 Å². The van der Waals surface area contributed by atoms with E-state index in [2.05, 4.69) is 26.6 Å². The van der Waals surface area contributed by atoms with Gasteiger partial charge in [-0.2, -0.15) is 0 Å². The molecule has 184 valence electrons. The van der Waals surface area contributed by atoms with Crippen LogP contribution in [0.25, 0.3) is 43.6 Å². The highest BCUT2D eigenvalue weighted by molar-refractivity contribution is 6.31. The van der Waals surface area contributed by atoms with Gasteiger partial charge in [0.1, 0.15) is 12.3 Å². The standard InChI is InChI=1S/C27H24N4O4.CH4/c1-27-24(34-2)14(28)11-17(35-27)30-15-9-5-3-7-12(15)18-20-21(26(33)29-25(20)32)19-13-8-4-6-10-16(13)31(27)23(19)22(18)30;/h3-10,14,17,24,26,33H,11,28H2,1-2H3,(H,29,32);1H4/t14-,17-,24-,26?,27+;/m0./s1. The molecule has 2 bridgehead atoms.